The highest BCUT2D eigenvalue weighted by atomic mass is 16.3. The molecule has 104 valence electrons. The molecule has 1 atom stereocenters. The Morgan fingerprint density at radius 1 is 1.42 bits per heavy atom. The van der Waals surface area contributed by atoms with Gasteiger partial charge in [0.25, 0.3) is 0 Å². The molecular weight excluding hydrogens is 240 g/mol. The molecule has 0 radical (unpaired) electrons. The Morgan fingerprint density at radius 3 is 2.79 bits per heavy atom. The number of benzene rings is 1. The molecule has 1 heterocycles. The maximum Gasteiger partial charge on any atom is 0.159 e. The number of anilines is 1. The van der Waals surface area contributed by atoms with Gasteiger partial charge in [-0.15, -0.1) is 0 Å². The average Bonchev–Trinajstić information content (AvgIpc) is 2.65. The minimum absolute atomic E-state index is 0.0993. The van der Waals surface area contributed by atoms with Crippen LogP contribution in [-0.4, -0.2) is 43.2 Å². The van der Waals surface area contributed by atoms with E-state index in [1.54, 1.807) is 6.92 Å². The first-order valence-electron chi connectivity index (χ1n) is 6.91. The molecule has 1 aromatic carbocycles. The van der Waals surface area contributed by atoms with E-state index in [0.29, 0.717) is 6.04 Å². The van der Waals surface area contributed by atoms with Crippen molar-refractivity contribution in [2.75, 3.05) is 31.1 Å². The van der Waals surface area contributed by atoms with Crippen LogP contribution < -0.4 is 10.2 Å². The summed E-state index contributed by atoms with van der Waals surface area (Å²) >= 11 is 0. The number of hydrogen-bond donors (Lipinski definition) is 2. The normalized spacial score (nSPS) is 20.1. The van der Waals surface area contributed by atoms with Gasteiger partial charge in [-0.3, -0.25) is 4.79 Å². The zero-order valence-electron chi connectivity index (χ0n) is 11.4. The van der Waals surface area contributed by atoms with Gasteiger partial charge in [0.2, 0.25) is 0 Å². The molecule has 1 aromatic rings. The Bertz CT molecular complexity index is 417. The number of Topliss-reactive ketones (excluding diaryl/α,β-unsaturated/α-hetero) is 1. The highest BCUT2D eigenvalue weighted by Crippen LogP contribution is 2.18. The van der Waals surface area contributed by atoms with E-state index < -0.39 is 0 Å². The van der Waals surface area contributed by atoms with Crippen LogP contribution in [0.1, 0.15) is 30.1 Å². The van der Waals surface area contributed by atoms with E-state index in [4.69, 9.17) is 5.11 Å². The highest BCUT2D eigenvalue weighted by molar-refractivity contribution is 5.94. The molecule has 1 fully saturated rings. The molecule has 1 aliphatic heterocycles. The fourth-order valence-corrected chi connectivity index (χ4v) is 2.49. The first kappa shape index (κ1) is 14.0. The Balaban J connectivity index is 2.08. The van der Waals surface area contributed by atoms with Crippen LogP contribution in [0.4, 0.5) is 5.69 Å². The smallest absolute Gasteiger partial charge is 0.159 e. The summed E-state index contributed by atoms with van der Waals surface area (Å²) < 4.78 is 0. The fourth-order valence-electron chi connectivity index (χ4n) is 2.49. The van der Waals surface area contributed by atoms with Crippen molar-refractivity contribution < 1.29 is 9.90 Å². The number of hydrogen-bond acceptors (Lipinski definition) is 4. The molecule has 19 heavy (non-hydrogen) atoms. The Kier molecular flexibility index (Phi) is 4.93. The van der Waals surface area contributed by atoms with Crippen LogP contribution >= 0.6 is 0 Å². The molecule has 1 saturated heterocycles. The van der Waals surface area contributed by atoms with E-state index in [1.807, 2.05) is 24.3 Å². The van der Waals surface area contributed by atoms with Gasteiger partial charge in [-0.05, 0) is 50.6 Å². The van der Waals surface area contributed by atoms with E-state index in [2.05, 4.69) is 10.2 Å². The van der Waals surface area contributed by atoms with Gasteiger partial charge in [-0.25, -0.2) is 0 Å². The lowest BCUT2D eigenvalue weighted by Gasteiger charge is -2.26. The molecular formula is C15H22N2O2. The van der Waals surface area contributed by atoms with Crippen molar-refractivity contribution >= 4 is 11.5 Å². The van der Waals surface area contributed by atoms with Gasteiger partial charge in [0.1, 0.15) is 0 Å². The molecule has 0 bridgehead atoms. The third-order valence-corrected chi connectivity index (χ3v) is 3.60. The number of nitrogens with zero attached hydrogens (tertiary/aromatic N) is 1. The molecule has 1 unspecified atom stereocenters. The Morgan fingerprint density at radius 2 is 2.16 bits per heavy atom. The van der Waals surface area contributed by atoms with E-state index in [-0.39, 0.29) is 12.4 Å². The number of aliphatic hydroxyl groups is 1. The Hall–Kier alpha value is -1.39. The van der Waals surface area contributed by atoms with E-state index in [1.165, 1.54) is 0 Å². The van der Waals surface area contributed by atoms with E-state index in [9.17, 15) is 4.79 Å². The van der Waals surface area contributed by atoms with Crippen LogP contribution in [0.25, 0.3) is 0 Å². The number of rotatable bonds is 4. The third kappa shape index (κ3) is 3.78. The monoisotopic (exact) mass is 262 g/mol. The maximum atomic E-state index is 11.3. The van der Waals surface area contributed by atoms with Gasteiger partial charge in [0, 0.05) is 37.0 Å². The zero-order valence-corrected chi connectivity index (χ0v) is 11.4. The quantitative estimate of drug-likeness (QED) is 0.806. The minimum atomic E-state index is 0.0993. The number of carbonyl (C=O) groups excluding carboxylic acids is 1. The van der Waals surface area contributed by atoms with Gasteiger partial charge in [0.05, 0.1) is 0 Å². The van der Waals surface area contributed by atoms with Gasteiger partial charge in [-0.2, -0.15) is 0 Å². The molecule has 4 heteroatoms. The molecule has 0 spiro atoms. The van der Waals surface area contributed by atoms with Crippen LogP contribution in [0.5, 0.6) is 0 Å². The molecule has 0 saturated carbocycles. The summed E-state index contributed by atoms with van der Waals surface area (Å²) in [6, 6.07) is 8.13. The van der Waals surface area contributed by atoms with Crippen molar-refractivity contribution in [3.05, 3.63) is 29.8 Å². The number of nitrogens with one attached hydrogen (secondary N) is 1. The Labute approximate surface area is 114 Å². The van der Waals surface area contributed by atoms with Gasteiger partial charge >= 0.3 is 0 Å². The topological polar surface area (TPSA) is 52.6 Å². The standard InChI is InChI=1S/C15H22N2O2/c1-12(19)13-3-5-15(6-4-13)17-9-2-8-16-14(11-17)7-10-18/h3-6,14,16,18H,2,7-11H2,1H3. The third-order valence-electron chi connectivity index (χ3n) is 3.60. The van der Waals surface area contributed by atoms with Crippen molar-refractivity contribution in [2.45, 2.75) is 25.8 Å². The molecule has 0 aliphatic carbocycles. The summed E-state index contributed by atoms with van der Waals surface area (Å²) in [6.45, 7) is 4.71. The van der Waals surface area contributed by atoms with Gasteiger partial charge < -0.3 is 15.3 Å². The molecule has 1 aliphatic rings. The minimum Gasteiger partial charge on any atom is -0.396 e. The van der Waals surface area contributed by atoms with Crippen molar-refractivity contribution in [3.63, 3.8) is 0 Å². The number of carbonyl (C=O) groups is 1. The SMILES string of the molecule is CC(=O)c1ccc(N2CCCNC(CCO)C2)cc1. The van der Waals surface area contributed by atoms with Crippen molar-refractivity contribution in [2.24, 2.45) is 0 Å². The van der Waals surface area contributed by atoms with Crippen molar-refractivity contribution in [1.29, 1.82) is 0 Å². The van der Waals surface area contributed by atoms with Crippen molar-refractivity contribution in [1.82, 2.24) is 5.32 Å². The summed E-state index contributed by atoms with van der Waals surface area (Å²) in [5.41, 5.74) is 1.90. The first-order valence-corrected chi connectivity index (χ1v) is 6.91. The second kappa shape index (κ2) is 6.68. The van der Waals surface area contributed by atoms with Crippen LogP contribution in [0.3, 0.4) is 0 Å². The highest BCUT2D eigenvalue weighted by Gasteiger charge is 2.17. The molecule has 0 aromatic heterocycles. The molecule has 0 amide bonds. The predicted octanol–water partition coefficient (Wildman–Crippen LogP) is 1.44. The lowest BCUT2D eigenvalue weighted by atomic mass is 10.1. The van der Waals surface area contributed by atoms with Crippen LogP contribution in [0.2, 0.25) is 0 Å². The fraction of sp³-hybridized carbons (Fsp3) is 0.533. The lowest BCUT2D eigenvalue weighted by Crippen LogP contribution is -2.38. The first-order chi connectivity index (χ1) is 9.20. The van der Waals surface area contributed by atoms with Crippen LogP contribution in [0, 0.1) is 0 Å². The molecule has 2 rings (SSSR count). The van der Waals surface area contributed by atoms with Crippen LogP contribution in [-0.2, 0) is 0 Å². The molecule has 4 nitrogen and oxygen atoms in total. The lowest BCUT2D eigenvalue weighted by molar-refractivity contribution is 0.101. The second-order valence-corrected chi connectivity index (χ2v) is 5.07. The summed E-state index contributed by atoms with van der Waals surface area (Å²) in [5.74, 6) is 0.0993. The summed E-state index contributed by atoms with van der Waals surface area (Å²) in [7, 11) is 0. The van der Waals surface area contributed by atoms with Crippen LogP contribution in [0.15, 0.2) is 24.3 Å². The predicted molar refractivity (Wildman–Crippen MR) is 76.8 cm³/mol. The average molecular weight is 262 g/mol. The summed E-state index contributed by atoms with van der Waals surface area (Å²) in [6.07, 6.45) is 1.87. The summed E-state index contributed by atoms with van der Waals surface area (Å²) in [5, 5.41) is 12.5. The number of ketones is 1. The number of aliphatic hydroxyl groups excluding tert-OH is 1. The molecule has 2 N–H and O–H groups in total. The van der Waals surface area contributed by atoms with Crippen molar-refractivity contribution in [3.8, 4) is 0 Å². The van der Waals surface area contributed by atoms with Gasteiger partial charge in [-0.1, -0.05) is 0 Å². The van der Waals surface area contributed by atoms with Gasteiger partial charge in [0.15, 0.2) is 5.78 Å². The largest absolute Gasteiger partial charge is 0.396 e. The van der Waals surface area contributed by atoms with E-state index >= 15 is 0 Å². The maximum absolute atomic E-state index is 11.3. The summed E-state index contributed by atoms with van der Waals surface area (Å²) in [4.78, 5) is 13.6. The second-order valence-electron chi connectivity index (χ2n) is 5.07. The zero-order chi connectivity index (χ0) is 13.7. The van der Waals surface area contributed by atoms with E-state index in [0.717, 1.165) is 43.7 Å².